The number of ether oxygens (including phenoxy) is 1. The van der Waals surface area contributed by atoms with Crippen molar-refractivity contribution in [2.75, 3.05) is 0 Å². The number of nitrogens with zero attached hydrogens (tertiary/aromatic N) is 1. The molecule has 0 saturated carbocycles. The number of hydrogen-bond acceptors (Lipinski definition) is 4. The predicted molar refractivity (Wildman–Crippen MR) is 84.3 cm³/mol. The Morgan fingerprint density at radius 3 is 2.85 bits per heavy atom. The van der Waals surface area contributed by atoms with Gasteiger partial charge in [0.05, 0.1) is 0 Å². The van der Waals surface area contributed by atoms with Gasteiger partial charge in [0.25, 0.3) is 0 Å². The fourth-order valence-corrected chi connectivity index (χ4v) is 2.61. The highest BCUT2D eigenvalue weighted by atomic mass is 32.1. The average molecular weight is 290 g/mol. The minimum atomic E-state index is 0.492. The highest BCUT2D eigenvalue weighted by molar-refractivity contribution is 7.11. The molecule has 20 heavy (non-hydrogen) atoms. The summed E-state index contributed by atoms with van der Waals surface area (Å²) in [7, 11) is 0. The van der Waals surface area contributed by atoms with Crippen LogP contribution in [0.4, 0.5) is 0 Å². The van der Waals surface area contributed by atoms with Gasteiger partial charge in [-0.15, -0.1) is 11.3 Å². The molecule has 108 valence electrons. The first-order chi connectivity index (χ1) is 9.56. The Morgan fingerprint density at radius 2 is 2.10 bits per heavy atom. The molecule has 2 aromatic rings. The van der Waals surface area contributed by atoms with E-state index in [0.717, 1.165) is 17.3 Å². The summed E-state index contributed by atoms with van der Waals surface area (Å²) in [5, 5.41) is 4.41. The van der Waals surface area contributed by atoms with Crippen molar-refractivity contribution in [3.8, 4) is 5.75 Å². The van der Waals surface area contributed by atoms with E-state index >= 15 is 0 Å². The average Bonchev–Trinajstić information content (AvgIpc) is 2.86. The van der Waals surface area contributed by atoms with Gasteiger partial charge in [-0.2, -0.15) is 0 Å². The maximum Gasteiger partial charge on any atom is 0.140 e. The molecule has 1 aromatic heterocycles. The third kappa shape index (κ3) is 4.05. The molecule has 1 N–H and O–H groups in total. The number of rotatable bonds is 6. The molecule has 0 aliphatic carbocycles. The van der Waals surface area contributed by atoms with Crippen LogP contribution in [0.3, 0.4) is 0 Å². The number of nitrogens with one attached hydrogen (secondary N) is 1. The van der Waals surface area contributed by atoms with E-state index in [0.29, 0.717) is 12.6 Å². The van der Waals surface area contributed by atoms with Gasteiger partial charge in [-0.1, -0.05) is 26.0 Å². The highest BCUT2D eigenvalue weighted by Gasteiger charge is 2.06. The molecule has 0 fully saturated rings. The van der Waals surface area contributed by atoms with Gasteiger partial charge < -0.3 is 10.1 Å². The third-order valence-electron chi connectivity index (χ3n) is 3.19. The van der Waals surface area contributed by atoms with E-state index in [1.807, 2.05) is 18.3 Å². The van der Waals surface area contributed by atoms with Gasteiger partial charge in [-0.25, -0.2) is 4.98 Å². The topological polar surface area (TPSA) is 34.1 Å². The van der Waals surface area contributed by atoms with E-state index in [2.05, 4.69) is 44.1 Å². The van der Waals surface area contributed by atoms with Crippen LogP contribution < -0.4 is 10.1 Å². The van der Waals surface area contributed by atoms with Crippen molar-refractivity contribution in [3.63, 3.8) is 0 Å². The summed E-state index contributed by atoms with van der Waals surface area (Å²) in [5.74, 6) is 0.946. The molecular weight excluding hydrogens is 268 g/mol. The molecule has 1 aromatic carbocycles. The van der Waals surface area contributed by atoms with E-state index < -0.39 is 0 Å². The van der Waals surface area contributed by atoms with Crippen LogP contribution in [0.1, 0.15) is 34.9 Å². The lowest BCUT2D eigenvalue weighted by atomic mass is 10.1. The molecule has 0 amide bonds. The summed E-state index contributed by atoms with van der Waals surface area (Å²) in [6.45, 7) is 9.89. The molecule has 0 aliphatic rings. The van der Waals surface area contributed by atoms with Crippen LogP contribution in [0, 0.1) is 13.8 Å². The maximum atomic E-state index is 5.87. The lowest BCUT2D eigenvalue weighted by Gasteiger charge is -2.09. The summed E-state index contributed by atoms with van der Waals surface area (Å²) in [6.07, 6.45) is 1.93. The first-order valence-electron chi connectivity index (χ1n) is 6.92. The van der Waals surface area contributed by atoms with E-state index in [1.165, 1.54) is 16.0 Å². The van der Waals surface area contributed by atoms with Crippen molar-refractivity contribution in [1.82, 2.24) is 10.3 Å². The molecule has 0 aliphatic heterocycles. The molecule has 0 unspecified atom stereocenters. The minimum Gasteiger partial charge on any atom is -0.486 e. The minimum absolute atomic E-state index is 0.492. The SMILES string of the molecule is Cc1cccc(OCc2ncc(CNC(C)C)s2)c1C. The molecular formula is C16H22N2OS. The zero-order chi connectivity index (χ0) is 14.5. The molecule has 2 rings (SSSR count). The van der Waals surface area contributed by atoms with E-state index in [9.17, 15) is 0 Å². The van der Waals surface area contributed by atoms with E-state index in [4.69, 9.17) is 4.74 Å². The number of thiazole rings is 1. The standard InChI is InChI=1S/C16H22N2OS/c1-11(2)17-8-14-9-18-16(20-14)10-19-15-7-5-6-12(3)13(15)4/h5-7,9,11,17H,8,10H2,1-4H3. The van der Waals surface area contributed by atoms with E-state index in [1.54, 1.807) is 11.3 Å². The van der Waals surface area contributed by atoms with Crippen molar-refractivity contribution < 1.29 is 4.74 Å². The van der Waals surface area contributed by atoms with Gasteiger partial charge in [0.1, 0.15) is 17.4 Å². The highest BCUT2D eigenvalue weighted by Crippen LogP contribution is 2.22. The van der Waals surface area contributed by atoms with Gasteiger partial charge in [-0.3, -0.25) is 0 Å². The van der Waals surface area contributed by atoms with Crippen LogP contribution in [0.15, 0.2) is 24.4 Å². The van der Waals surface area contributed by atoms with Crippen LogP contribution in [0.2, 0.25) is 0 Å². The Bertz CT molecular complexity index is 563. The molecule has 0 spiro atoms. The predicted octanol–water partition coefficient (Wildman–Crippen LogP) is 3.84. The zero-order valence-electron chi connectivity index (χ0n) is 12.6. The number of aryl methyl sites for hydroxylation is 1. The normalized spacial score (nSPS) is 11.1. The van der Waals surface area contributed by atoms with Crippen molar-refractivity contribution in [1.29, 1.82) is 0 Å². The first kappa shape index (κ1) is 15.0. The second kappa shape index (κ2) is 6.86. The molecule has 0 saturated heterocycles. The molecule has 0 bridgehead atoms. The van der Waals surface area contributed by atoms with Gasteiger partial charge >= 0.3 is 0 Å². The fourth-order valence-electron chi connectivity index (χ4n) is 1.82. The quantitative estimate of drug-likeness (QED) is 0.877. The number of hydrogen-bond donors (Lipinski definition) is 1. The van der Waals surface area contributed by atoms with Crippen LogP contribution in [0.5, 0.6) is 5.75 Å². The Balaban J connectivity index is 1.92. The molecule has 3 nitrogen and oxygen atoms in total. The lowest BCUT2D eigenvalue weighted by molar-refractivity contribution is 0.303. The van der Waals surface area contributed by atoms with Gasteiger partial charge in [0, 0.05) is 23.7 Å². The van der Waals surface area contributed by atoms with Crippen molar-refractivity contribution >= 4 is 11.3 Å². The van der Waals surface area contributed by atoms with Crippen molar-refractivity contribution in [2.24, 2.45) is 0 Å². The van der Waals surface area contributed by atoms with Crippen LogP contribution in [-0.2, 0) is 13.2 Å². The summed E-state index contributed by atoms with van der Waals surface area (Å²) in [5.41, 5.74) is 2.45. The van der Waals surface area contributed by atoms with Crippen LogP contribution in [-0.4, -0.2) is 11.0 Å². The Kier molecular flexibility index (Phi) is 5.15. The lowest BCUT2D eigenvalue weighted by Crippen LogP contribution is -2.21. The molecule has 0 radical (unpaired) electrons. The first-order valence-corrected chi connectivity index (χ1v) is 7.74. The number of benzene rings is 1. The Labute approximate surface area is 125 Å². The molecule has 0 atom stereocenters. The molecule has 1 heterocycles. The summed E-state index contributed by atoms with van der Waals surface area (Å²) >= 11 is 1.71. The number of aromatic nitrogens is 1. The second-order valence-electron chi connectivity index (χ2n) is 5.24. The van der Waals surface area contributed by atoms with Crippen LogP contribution >= 0.6 is 11.3 Å². The summed E-state index contributed by atoms with van der Waals surface area (Å²) in [4.78, 5) is 5.66. The van der Waals surface area contributed by atoms with Gasteiger partial charge in [0.2, 0.25) is 0 Å². The van der Waals surface area contributed by atoms with Crippen molar-refractivity contribution in [2.45, 2.75) is 46.9 Å². The monoisotopic (exact) mass is 290 g/mol. The fraction of sp³-hybridized carbons (Fsp3) is 0.438. The maximum absolute atomic E-state index is 5.87. The Hall–Kier alpha value is -1.39. The Morgan fingerprint density at radius 1 is 1.30 bits per heavy atom. The van der Waals surface area contributed by atoms with Gasteiger partial charge in [0.15, 0.2) is 0 Å². The van der Waals surface area contributed by atoms with Crippen molar-refractivity contribution in [3.05, 3.63) is 45.4 Å². The third-order valence-corrected chi connectivity index (χ3v) is 4.16. The van der Waals surface area contributed by atoms with Crippen LogP contribution in [0.25, 0.3) is 0 Å². The van der Waals surface area contributed by atoms with E-state index in [-0.39, 0.29) is 0 Å². The summed E-state index contributed by atoms with van der Waals surface area (Å²) < 4.78 is 5.87. The second-order valence-corrected chi connectivity index (χ2v) is 6.44. The molecule has 4 heteroatoms. The van der Waals surface area contributed by atoms with Gasteiger partial charge in [-0.05, 0) is 31.0 Å². The summed E-state index contributed by atoms with van der Waals surface area (Å²) in [6, 6.07) is 6.63. The smallest absolute Gasteiger partial charge is 0.140 e. The zero-order valence-corrected chi connectivity index (χ0v) is 13.4. The largest absolute Gasteiger partial charge is 0.486 e.